The molecular weight excluding hydrogens is 695 g/mol. The number of amides is 1. The molecule has 6 heteroatoms. The van der Waals surface area contributed by atoms with Crippen LogP contribution in [0.1, 0.15) is 264 Å². The Bertz CT molecular complexity index is 777. The molecule has 0 aromatic heterocycles. The number of aliphatic hydroxyl groups is 3. The molecule has 0 aliphatic heterocycles. The van der Waals surface area contributed by atoms with E-state index >= 15 is 0 Å². The van der Waals surface area contributed by atoms with Crippen molar-refractivity contribution in [2.45, 2.75) is 276 Å². The molecule has 0 radical (unpaired) electrons. The average molecular weight is 794 g/mol. The minimum atomic E-state index is -0.841. The van der Waals surface area contributed by atoms with E-state index in [2.05, 4.69) is 12.2 Å². The highest BCUT2D eigenvalue weighted by Gasteiger charge is 2.18. The van der Waals surface area contributed by atoms with Crippen LogP contribution in [0, 0.1) is 0 Å². The van der Waals surface area contributed by atoms with Crippen molar-refractivity contribution in [3.8, 4) is 0 Å². The smallest absolute Gasteiger partial charge is 0.220 e. The van der Waals surface area contributed by atoms with Gasteiger partial charge in [-0.15, -0.1) is 0 Å². The SMILES string of the molecule is CCCCCCCCCCCCCC=CC(O)C(CO)NC(=O)CCCCCCCCCCCCCCCOCCCCCCCCCCCCCCCCO. The third-order valence-corrected chi connectivity index (χ3v) is 11.7. The van der Waals surface area contributed by atoms with Gasteiger partial charge < -0.3 is 25.4 Å². The highest BCUT2D eigenvalue weighted by atomic mass is 16.5. The predicted molar refractivity (Wildman–Crippen MR) is 242 cm³/mol. The van der Waals surface area contributed by atoms with Gasteiger partial charge in [0.1, 0.15) is 0 Å². The minimum absolute atomic E-state index is 0.0685. The Kier molecular flexibility index (Phi) is 47.6. The lowest BCUT2D eigenvalue weighted by molar-refractivity contribution is -0.123. The summed E-state index contributed by atoms with van der Waals surface area (Å²) in [4.78, 5) is 12.4. The second-order valence-electron chi connectivity index (χ2n) is 17.2. The van der Waals surface area contributed by atoms with Gasteiger partial charge in [-0.1, -0.05) is 231 Å². The van der Waals surface area contributed by atoms with E-state index in [-0.39, 0.29) is 12.5 Å². The van der Waals surface area contributed by atoms with Crippen LogP contribution in [0.3, 0.4) is 0 Å². The van der Waals surface area contributed by atoms with E-state index in [1.807, 2.05) is 6.08 Å². The molecule has 0 rings (SSSR count). The predicted octanol–water partition coefficient (Wildman–Crippen LogP) is 14.0. The third kappa shape index (κ3) is 44.2. The zero-order valence-corrected chi connectivity index (χ0v) is 37.6. The van der Waals surface area contributed by atoms with E-state index in [0.717, 1.165) is 45.3 Å². The summed E-state index contributed by atoms with van der Waals surface area (Å²) in [6.07, 6.45) is 53.7. The lowest BCUT2D eigenvalue weighted by atomic mass is 10.0. The van der Waals surface area contributed by atoms with Gasteiger partial charge in [0.15, 0.2) is 0 Å². The second kappa shape index (κ2) is 48.4. The molecule has 0 aromatic carbocycles. The number of rotatable bonds is 48. The maximum atomic E-state index is 12.4. The lowest BCUT2D eigenvalue weighted by Gasteiger charge is -2.20. The molecule has 1 amide bonds. The van der Waals surface area contributed by atoms with E-state index in [1.165, 1.54) is 218 Å². The zero-order chi connectivity index (χ0) is 40.7. The highest BCUT2D eigenvalue weighted by Crippen LogP contribution is 2.16. The van der Waals surface area contributed by atoms with Crippen LogP contribution in [0.15, 0.2) is 12.2 Å². The molecule has 0 saturated heterocycles. The standard InChI is InChI=1S/C50H99NO5/c1-2-3-4-5-6-7-8-12-17-22-27-32-37-42-49(54)48(47-53)51-50(55)43-38-33-28-23-18-13-11-16-21-26-31-36-41-46-56-45-40-35-30-25-20-15-10-9-14-19-24-29-34-39-44-52/h37,42,48-49,52-54H,2-36,38-41,43-47H2,1H3,(H,51,55). The van der Waals surface area contributed by atoms with Crippen molar-refractivity contribution in [3.63, 3.8) is 0 Å². The molecule has 2 unspecified atom stereocenters. The topological polar surface area (TPSA) is 99.0 Å². The molecule has 2 atom stereocenters. The van der Waals surface area contributed by atoms with Gasteiger partial charge in [-0.3, -0.25) is 4.79 Å². The maximum absolute atomic E-state index is 12.4. The maximum Gasteiger partial charge on any atom is 0.220 e. The van der Waals surface area contributed by atoms with Crippen LogP contribution in [0.2, 0.25) is 0 Å². The largest absolute Gasteiger partial charge is 0.396 e. The molecular formula is C50H99NO5. The molecule has 334 valence electrons. The van der Waals surface area contributed by atoms with Crippen molar-refractivity contribution in [1.82, 2.24) is 5.32 Å². The van der Waals surface area contributed by atoms with Gasteiger partial charge in [0, 0.05) is 26.2 Å². The summed E-state index contributed by atoms with van der Waals surface area (Å²) >= 11 is 0. The molecule has 0 aliphatic rings. The monoisotopic (exact) mass is 794 g/mol. The van der Waals surface area contributed by atoms with Gasteiger partial charge in [-0.05, 0) is 38.5 Å². The third-order valence-electron chi connectivity index (χ3n) is 11.7. The van der Waals surface area contributed by atoms with Crippen LogP contribution < -0.4 is 5.32 Å². The molecule has 0 aliphatic carbocycles. The van der Waals surface area contributed by atoms with Crippen molar-refractivity contribution in [2.24, 2.45) is 0 Å². The number of hydrogen-bond acceptors (Lipinski definition) is 5. The number of allylic oxidation sites excluding steroid dienone is 1. The number of nitrogens with one attached hydrogen (secondary N) is 1. The molecule has 0 fully saturated rings. The molecule has 0 bridgehead atoms. The van der Waals surface area contributed by atoms with Crippen molar-refractivity contribution in [3.05, 3.63) is 12.2 Å². The van der Waals surface area contributed by atoms with Crippen LogP contribution in [0.25, 0.3) is 0 Å². The molecule has 56 heavy (non-hydrogen) atoms. The average Bonchev–Trinajstić information content (AvgIpc) is 3.20. The summed E-state index contributed by atoms with van der Waals surface area (Å²) < 4.78 is 5.88. The summed E-state index contributed by atoms with van der Waals surface area (Å²) in [6.45, 7) is 4.26. The van der Waals surface area contributed by atoms with E-state index < -0.39 is 12.1 Å². The van der Waals surface area contributed by atoms with Gasteiger partial charge in [-0.25, -0.2) is 0 Å². The van der Waals surface area contributed by atoms with Gasteiger partial charge in [0.2, 0.25) is 5.91 Å². The summed E-state index contributed by atoms with van der Waals surface area (Å²) in [7, 11) is 0. The molecule has 4 N–H and O–H groups in total. The first kappa shape index (κ1) is 55.0. The van der Waals surface area contributed by atoms with Crippen LogP contribution in [0.5, 0.6) is 0 Å². The summed E-state index contributed by atoms with van der Waals surface area (Å²) in [5.41, 5.74) is 0. The molecule has 0 heterocycles. The van der Waals surface area contributed by atoms with Crippen molar-refractivity contribution in [2.75, 3.05) is 26.4 Å². The Morgan fingerprint density at radius 1 is 0.482 bits per heavy atom. The van der Waals surface area contributed by atoms with Crippen molar-refractivity contribution in [1.29, 1.82) is 0 Å². The van der Waals surface area contributed by atoms with Gasteiger partial charge in [0.25, 0.3) is 0 Å². The molecule has 0 spiro atoms. The van der Waals surface area contributed by atoms with Crippen LogP contribution in [-0.4, -0.2) is 59.8 Å². The fourth-order valence-electron chi connectivity index (χ4n) is 7.79. The van der Waals surface area contributed by atoms with Crippen LogP contribution >= 0.6 is 0 Å². The Labute approximate surface area is 349 Å². The number of ether oxygens (including phenoxy) is 1. The molecule has 0 aromatic rings. The van der Waals surface area contributed by atoms with Crippen LogP contribution in [0.4, 0.5) is 0 Å². The quantitative estimate of drug-likeness (QED) is 0.0363. The summed E-state index contributed by atoms with van der Waals surface area (Å²) in [5, 5.41) is 31.8. The first-order valence-electron chi connectivity index (χ1n) is 25.1. The first-order chi connectivity index (χ1) is 27.7. The van der Waals surface area contributed by atoms with E-state index in [9.17, 15) is 15.0 Å². The number of carbonyl (C=O) groups is 1. The van der Waals surface area contributed by atoms with Crippen molar-refractivity contribution >= 4 is 5.91 Å². The fourth-order valence-corrected chi connectivity index (χ4v) is 7.79. The highest BCUT2D eigenvalue weighted by molar-refractivity contribution is 5.76. The zero-order valence-electron chi connectivity index (χ0n) is 37.6. The Morgan fingerprint density at radius 2 is 0.821 bits per heavy atom. The summed E-state index contributed by atoms with van der Waals surface area (Å²) in [6, 6.07) is -0.625. The molecule has 0 saturated carbocycles. The second-order valence-corrected chi connectivity index (χ2v) is 17.2. The number of aliphatic hydroxyl groups excluding tert-OH is 3. The summed E-state index contributed by atoms with van der Waals surface area (Å²) in [5.74, 6) is -0.0685. The van der Waals surface area contributed by atoms with Crippen LogP contribution in [-0.2, 0) is 9.53 Å². The minimum Gasteiger partial charge on any atom is -0.396 e. The van der Waals surface area contributed by atoms with E-state index in [0.29, 0.717) is 13.0 Å². The van der Waals surface area contributed by atoms with E-state index in [4.69, 9.17) is 9.84 Å². The van der Waals surface area contributed by atoms with Crippen molar-refractivity contribution < 1.29 is 24.9 Å². The van der Waals surface area contributed by atoms with E-state index in [1.54, 1.807) is 6.08 Å². The van der Waals surface area contributed by atoms with Gasteiger partial charge in [0.05, 0.1) is 18.8 Å². The lowest BCUT2D eigenvalue weighted by Crippen LogP contribution is -2.45. The normalized spacial score (nSPS) is 12.9. The molecule has 6 nitrogen and oxygen atoms in total. The fraction of sp³-hybridized carbons (Fsp3) is 0.940. The number of unbranched alkanes of at least 4 members (excludes halogenated alkanes) is 36. The Balaban J connectivity index is 3.39. The number of hydrogen-bond donors (Lipinski definition) is 4. The Morgan fingerprint density at radius 3 is 1.20 bits per heavy atom. The first-order valence-corrected chi connectivity index (χ1v) is 25.1. The number of carbonyl (C=O) groups excluding carboxylic acids is 1. The van der Waals surface area contributed by atoms with Gasteiger partial charge in [-0.2, -0.15) is 0 Å². The van der Waals surface area contributed by atoms with Gasteiger partial charge >= 0.3 is 0 Å². The Hall–Kier alpha value is -0.950.